The van der Waals surface area contributed by atoms with Gasteiger partial charge in [0.25, 0.3) is 0 Å². The third-order valence-electron chi connectivity index (χ3n) is 3.75. The molecule has 1 atom stereocenters. The van der Waals surface area contributed by atoms with E-state index in [1.807, 2.05) is 31.6 Å². The number of amides is 2. The van der Waals surface area contributed by atoms with E-state index in [-0.39, 0.29) is 18.9 Å². The number of ether oxygens (including phenoxy) is 2. The highest BCUT2D eigenvalue weighted by molar-refractivity contribution is 5.90. The predicted octanol–water partition coefficient (Wildman–Crippen LogP) is 2.82. The van der Waals surface area contributed by atoms with Crippen LogP contribution in [0.15, 0.2) is 24.4 Å². The maximum absolute atomic E-state index is 12.2. The van der Waals surface area contributed by atoms with Crippen molar-refractivity contribution in [2.75, 3.05) is 12.1 Å². The maximum Gasteiger partial charge on any atom is 0.319 e. The number of rotatable bonds is 4. The van der Waals surface area contributed by atoms with Crippen molar-refractivity contribution in [1.82, 2.24) is 15.1 Å². The number of urea groups is 1. The van der Waals surface area contributed by atoms with Crippen LogP contribution in [0.2, 0.25) is 0 Å². The number of hydrogen-bond acceptors (Lipinski definition) is 4. The van der Waals surface area contributed by atoms with Crippen molar-refractivity contribution >= 4 is 11.7 Å². The maximum atomic E-state index is 12.2. The first-order valence-electron chi connectivity index (χ1n) is 7.58. The van der Waals surface area contributed by atoms with Gasteiger partial charge in [0.1, 0.15) is 0 Å². The van der Waals surface area contributed by atoms with Crippen LogP contribution in [0.3, 0.4) is 0 Å². The lowest BCUT2D eigenvalue weighted by Gasteiger charge is -2.14. The monoisotopic (exact) mass is 316 g/mol. The number of fused-ring (bicyclic) bond motifs is 1. The Labute approximate surface area is 134 Å². The molecule has 0 fully saturated rings. The largest absolute Gasteiger partial charge is 0.454 e. The van der Waals surface area contributed by atoms with Gasteiger partial charge >= 0.3 is 6.03 Å². The summed E-state index contributed by atoms with van der Waals surface area (Å²) in [6.45, 7) is 6.92. The molecule has 1 aliphatic rings. The van der Waals surface area contributed by atoms with Crippen molar-refractivity contribution in [2.24, 2.45) is 0 Å². The van der Waals surface area contributed by atoms with Crippen molar-refractivity contribution < 1.29 is 14.3 Å². The number of nitrogens with zero attached hydrogens (tertiary/aromatic N) is 2. The van der Waals surface area contributed by atoms with Gasteiger partial charge in [-0.15, -0.1) is 0 Å². The van der Waals surface area contributed by atoms with Gasteiger partial charge in [0.05, 0.1) is 11.7 Å². The molecule has 3 rings (SSSR count). The Balaban J connectivity index is 1.63. The van der Waals surface area contributed by atoms with E-state index in [9.17, 15) is 4.79 Å². The first kappa shape index (κ1) is 15.2. The minimum Gasteiger partial charge on any atom is -0.454 e. The van der Waals surface area contributed by atoms with Crippen molar-refractivity contribution in [3.63, 3.8) is 0 Å². The van der Waals surface area contributed by atoms with Gasteiger partial charge in [0.15, 0.2) is 11.5 Å². The molecule has 0 bridgehead atoms. The van der Waals surface area contributed by atoms with Gasteiger partial charge in [-0.05, 0) is 32.9 Å². The molecule has 0 aliphatic carbocycles. The van der Waals surface area contributed by atoms with Crippen LogP contribution in [-0.4, -0.2) is 22.6 Å². The second kappa shape index (κ2) is 6.20. The molecule has 0 saturated heterocycles. The molecule has 0 saturated carbocycles. The van der Waals surface area contributed by atoms with Gasteiger partial charge in [0, 0.05) is 30.1 Å². The zero-order valence-electron chi connectivity index (χ0n) is 13.4. The van der Waals surface area contributed by atoms with Gasteiger partial charge in [-0.2, -0.15) is 5.10 Å². The van der Waals surface area contributed by atoms with Crippen LogP contribution >= 0.6 is 0 Å². The molecule has 2 aromatic rings. The molecule has 1 aliphatic heterocycles. The number of aromatic nitrogens is 2. The topological polar surface area (TPSA) is 77.4 Å². The molecule has 1 aromatic heterocycles. The van der Waals surface area contributed by atoms with Gasteiger partial charge in [-0.3, -0.25) is 4.68 Å². The van der Waals surface area contributed by atoms with Gasteiger partial charge in [0.2, 0.25) is 6.79 Å². The summed E-state index contributed by atoms with van der Waals surface area (Å²) in [5.41, 5.74) is 2.58. The Morgan fingerprint density at radius 3 is 2.91 bits per heavy atom. The molecule has 0 unspecified atom stereocenters. The average molecular weight is 316 g/mol. The number of nitrogens with one attached hydrogen (secondary N) is 2. The van der Waals surface area contributed by atoms with E-state index in [4.69, 9.17) is 9.47 Å². The first-order chi connectivity index (χ1) is 11.1. The number of carbonyl (C=O) groups excluding carboxylic acids is 1. The molecule has 2 amide bonds. The van der Waals surface area contributed by atoms with E-state index in [0.29, 0.717) is 17.2 Å². The smallest absolute Gasteiger partial charge is 0.319 e. The van der Waals surface area contributed by atoms with Gasteiger partial charge in [-0.1, -0.05) is 0 Å². The summed E-state index contributed by atoms with van der Waals surface area (Å²) in [6.07, 6.45) is 1.96. The van der Waals surface area contributed by atoms with Crippen LogP contribution in [0.5, 0.6) is 11.5 Å². The van der Waals surface area contributed by atoms with Gasteiger partial charge in [-0.25, -0.2) is 4.79 Å². The fraction of sp³-hybridized carbons (Fsp3) is 0.375. The molecule has 122 valence electrons. The van der Waals surface area contributed by atoms with E-state index in [0.717, 1.165) is 17.8 Å². The second-order valence-electron chi connectivity index (χ2n) is 5.41. The van der Waals surface area contributed by atoms with Crippen molar-refractivity contribution in [2.45, 2.75) is 33.4 Å². The molecular formula is C16H20N4O3. The Morgan fingerprint density at radius 2 is 2.17 bits per heavy atom. The minimum atomic E-state index is -0.278. The lowest BCUT2D eigenvalue weighted by Crippen LogP contribution is -2.31. The fourth-order valence-corrected chi connectivity index (χ4v) is 2.54. The summed E-state index contributed by atoms with van der Waals surface area (Å²) >= 11 is 0. The second-order valence-corrected chi connectivity index (χ2v) is 5.41. The minimum absolute atomic E-state index is 0.135. The Morgan fingerprint density at radius 1 is 1.39 bits per heavy atom. The lowest BCUT2D eigenvalue weighted by molar-refractivity contribution is 0.174. The van der Waals surface area contributed by atoms with Crippen molar-refractivity contribution in [3.8, 4) is 11.5 Å². The van der Waals surface area contributed by atoms with Crippen LogP contribution in [0.4, 0.5) is 10.5 Å². The van der Waals surface area contributed by atoms with Crippen LogP contribution in [0, 0.1) is 6.92 Å². The molecule has 23 heavy (non-hydrogen) atoms. The first-order valence-corrected chi connectivity index (χ1v) is 7.58. The standard InChI is InChI=1S/C16H20N4O3/c1-4-20-8-13(11(3)19-20)10(2)17-16(21)18-12-5-6-14-15(7-12)23-9-22-14/h5-8,10H,4,9H2,1-3H3,(H2,17,18,21)/t10-/m1/s1. The summed E-state index contributed by atoms with van der Waals surface area (Å²) < 4.78 is 12.4. The fourth-order valence-electron chi connectivity index (χ4n) is 2.54. The summed E-state index contributed by atoms with van der Waals surface area (Å²) in [5.74, 6) is 1.32. The SMILES string of the molecule is CCn1cc([C@@H](C)NC(=O)Nc2ccc3c(c2)OCO3)c(C)n1. The van der Waals surface area contributed by atoms with Crippen molar-refractivity contribution in [1.29, 1.82) is 0 Å². The predicted molar refractivity (Wildman–Crippen MR) is 85.8 cm³/mol. The Hall–Kier alpha value is -2.70. The summed E-state index contributed by atoms with van der Waals surface area (Å²) in [7, 11) is 0. The number of anilines is 1. The highest BCUT2D eigenvalue weighted by Gasteiger charge is 2.17. The van der Waals surface area contributed by atoms with Crippen LogP contribution in [0.25, 0.3) is 0 Å². The summed E-state index contributed by atoms with van der Waals surface area (Å²) in [4.78, 5) is 12.2. The van der Waals surface area contributed by atoms with E-state index in [1.54, 1.807) is 18.2 Å². The molecule has 1 aromatic carbocycles. The summed E-state index contributed by atoms with van der Waals surface area (Å²) in [6, 6.07) is 4.88. The number of aryl methyl sites for hydroxylation is 2. The van der Waals surface area contributed by atoms with Crippen LogP contribution < -0.4 is 20.1 Å². The third kappa shape index (κ3) is 3.23. The average Bonchev–Trinajstić information content (AvgIpc) is 3.12. The number of carbonyl (C=O) groups is 1. The normalized spacial score (nSPS) is 13.7. The van der Waals surface area contributed by atoms with Crippen LogP contribution in [0.1, 0.15) is 31.1 Å². The zero-order chi connectivity index (χ0) is 16.4. The summed E-state index contributed by atoms with van der Waals surface area (Å²) in [5, 5.41) is 10.1. The number of hydrogen-bond donors (Lipinski definition) is 2. The van der Waals surface area contributed by atoms with Gasteiger partial charge < -0.3 is 20.1 Å². The third-order valence-corrected chi connectivity index (χ3v) is 3.75. The zero-order valence-corrected chi connectivity index (χ0v) is 13.4. The van der Waals surface area contributed by atoms with Crippen LogP contribution in [-0.2, 0) is 6.54 Å². The molecular weight excluding hydrogens is 296 g/mol. The quantitative estimate of drug-likeness (QED) is 0.909. The molecule has 2 N–H and O–H groups in total. The molecule has 7 heteroatoms. The lowest BCUT2D eigenvalue weighted by atomic mass is 10.1. The van der Waals surface area contributed by atoms with E-state index in [2.05, 4.69) is 15.7 Å². The van der Waals surface area contributed by atoms with E-state index in [1.165, 1.54) is 0 Å². The Kier molecular flexibility index (Phi) is 4.10. The molecule has 0 radical (unpaired) electrons. The molecule has 0 spiro atoms. The molecule has 2 heterocycles. The highest BCUT2D eigenvalue weighted by atomic mass is 16.7. The van der Waals surface area contributed by atoms with E-state index < -0.39 is 0 Å². The van der Waals surface area contributed by atoms with E-state index >= 15 is 0 Å². The number of benzene rings is 1. The van der Waals surface area contributed by atoms with Crippen molar-refractivity contribution in [3.05, 3.63) is 35.7 Å². The highest BCUT2D eigenvalue weighted by Crippen LogP contribution is 2.34. The Bertz CT molecular complexity index is 726. The molecule has 7 nitrogen and oxygen atoms in total.